The molecule has 1 atom stereocenters. The first-order valence-corrected chi connectivity index (χ1v) is 6.01. The third-order valence-corrected chi connectivity index (χ3v) is 3.25. The zero-order valence-corrected chi connectivity index (χ0v) is 10.9. The molecule has 2 aromatic carbocycles. The van der Waals surface area contributed by atoms with Crippen molar-refractivity contribution < 1.29 is 8.78 Å². The van der Waals surface area contributed by atoms with Gasteiger partial charge < -0.3 is 0 Å². The molecule has 1 unspecified atom stereocenters. The largest absolute Gasteiger partial charge is 0.271 e. The van der Waals surface area contributed by atoms with E-state index in [2.05, 4.69) is 5.43 Å². The van der Waals surface area contributed by atoms with Crippen LogP contribution in [0.2, 0.25) is 0 Å². The molecule has 3 N–H and O–H groups in total. The van der Waals surface area contributed by atoms with Gasteiger partial charge in [0.2, 0.25) is 0 Å². The van der Waals surface area contributed by atoms with E-state index in [9.17, 15) is 8.78 Å². The number of nitrogens with one attached hydrogen (secondary N) is 1. The summed E-state index contributed by atoms with van der Waals surface area (Å²) in [5.41, 5.74) is 4.99. The Morgan fingerprint density at radius 1 is 1.00 bits per heavy atom. The van der Waals surface area contributed by atoms with Gasteiger partial charge in [-0.05, 0) is 42.7 Å². The highest BCUT2D eigenvalue weighted by atomic mass is 19.1. The summed E-state index contributed by atoms with van der Waals surface area (Å²) in [6.45, 7) is 3.53. The lowest BCUT2D eigenvalue weighted by Gasteiger charge is -2.20. The van der Waals surface area contributed by atoms with Gasteiger partial charge in [0.1, 0.15) is 11.6 Å². The normalized spacial score (nSPS) is 12.5. The number of hydrogen-bond donors (Lipinski definition) is 2. The second kappa shape index (κ2) is 5.47. The zero-order valence-electron chi connectivity index (χ0n) is 10.9. The molecule has 2 nitrogen and oxygen atoms in total. The van der Waals surface area contributed by atoms with Crippen molar-refractivity contribution in [1.29, 1.82) is 0 Å². The molecule has 0 bridgehead atoms. The van der Waals surface area contributed by atoms with E-state index in [1.165, 1.54) is 12.1 Å². The van der Waals surface area contributed by atoms with E-state index in [4.69, 9.17) is 5.84 Å². The Morgan fingerprint density at radius 3 is 2.42 bits per heavy atom. The van der Waals surface area contributed by atoms with Crippen LogP contribution in [0, 0.1) is 25.5 Å². The predicted molar refractivity (Wildman–Crippen MR) is 71.4 cm³/mol. The lowest BCUT2D eigenvalue weighted by Crippen LogP contribution is -2.30. The molecule has 0 aliphatic rings. The molecule has 0 saturated heterocycles. The van der Waals surface area contributed by atoms with E-state index in [0.717, 1.165) is 5.56 Å². The molecule has 0 fully saturated rings. The first-order valence-electron chi connectivity index (χ1n) is 6.01. The fraction of sp³-hybridized carbons (Fsp3) is 0.200. The summed E-state index contributed by atoms with van der Waals surface area (Å²) in [6, 6.07) is 8.92. The van der Waals surface area contributed by atoms with Crippen molar-refractivity contribution in [2.45, 2.75) is 19.9 Å². The van der Waals surface area contributed by atoms with Crippen LogP contribution in [0.3, 0.4) is 0 Å². The van der Waals surface area contributed by atoms with Crippen LogP contribution in [0.5, 0.6) is 0 Å². The number of halogens is 2. The van der Waals surface area contributed by atoms with E-state index < -0.39 is 6.04 Å². The Bertz CT molecular complexity index is 595. The molecular weight excluding hydrogens is 246 g/mol. The SMILES string of the molecule is Cc1ccc(F)cc1C(NN)c1cccc(C)c1F. The van der Waals surface area contributed by atoms with Gasteiger partial charge in [0.15, 0.2) is 0 Å². The maximum Gasteiger partial charge on any atom is 0.131 e. The van der Waals surface area contributed by atoms with Crippen LogP contribution in [0.25, 0.3) is 0 Å². The van der Waals surface area contributed by atoms with Crippen LogP contribution in [0.1, 0.15) is 28.3 Å². The monoisotopic (exact) mass is 262 g/mol. The second-order valence-electron chi connectivity index (χ2n) is 4.58. The Balaban J connectivity index is 2.56. The van der Waals surface area contributed by atoms with Crippen molar-refractivity contribution in [3.8, 4) is 0 Å². The second-order valence-corrected chi connectivity index (χ2v) is 4.58. The standard InChI is InChI=1S/C15H16F2N2/c1-9-6-7-11(16)8-13(9)15(19-18)12-5-3-4-10(2)14(12)17/h3-8,15,19H,18H2,1-2H3. The quantitative estimate of drug-likeness (QED) is 0.658. The summed E-state index contributed by atoms with van der Waals surface area (Å²) >= 11 is 0. The van der Waals surface area contributed by atoms with Gasteiger partial charge in [-0.2, -0.15) is 0 Å². The minimum atomic E-state index is -0.574. The predicted octanol–water partition coefficient (Wildman–Crippen LogP) is 3.13. The number of hydrogen-bond acceptors (Lipinski definition) is 2. The minimum absolute atomic E-state index is 0.325. The summed E-state index contributed by atoms with van der Waals surface area (Å²) in [5, 5.41) is 0. The molecular formula is C15H16F2N2. The Labute approximate surface area is 111 Å². The van der Waals surface area contributed by atoms with E-state index in [1.54, 1.807) is 31.2 Å². The van der Waals surface area contributed by atoms with E-state index in [-0.39, 0.29) is 11.6 Å². The van der Waals surface area contributed by atoms with Gasteiger partial charge >= 0.3 is 0 Å². The van der Waals surface area contributed by atoms with Crippen molar-refractivity contribution in [3.05, 3.63) is 70.3 Å². The molecule has 2 aromatic rings. The molecule has 0 saturated carbocycles. The van der Waals surface area contributed by atoms with Gasteiger partial charge in [-0.15, -0.1) is 0 Å². The highest BCUT2D eigenvalue weighted by Gasteiger charge is 2.19. The maximum atomic E-state index is 14.2. The number of aryl methyl sites for hydroxylation is 2. The highest BCUT2D eigenvalue weighted by Crippen LogP contribution is 2.28. The smallest absolute Gasteiger partial charge is 0.131 e. The van der Waals surface area contributed by atoms with Gasteiger partial charge in [-0.3, -0.25) is 5.84 Å². The van der Waals surface area contributed by atoms with Crippen LogP contribution >= 0.6 is 0 Å². The summed E-state index contributed by atoms with van der Waals surface area (Å²) in [7, 11) is 0. The molecule has 0 heterocycles. The average molecular weight is 262 g/mol. The summed E-state index contributed by atoms with van der Waals surface area (Å²) in [5.74, 6) is 4.84. The van der Waals surface area contributed by atoms with Gasteiger partial charge in [0.25, 0.3) is 0 Å². The number of hydrazine groups is 1. The third kappa shape index (κ3) is 2.64. The minimum Gasteiger partial charge on any atom is -0.271 e. The van der Waals surface area contributed by atoms with Crippen molar-refractivity contribution in [1.82, 2.24) is 5.43 Å². The summed E-state index contributed by atoms with van der Waals surface area (Å²) in [6.07, 6.45) is 0. The molecule has 0 spiro atoms. The topological polar surface area (TPSA) is 38.0 Å². The Morgan fingerprint density at radius 2 is 1.74 bits per heavy atom. The molecule has 0 aliphatic heterocycles. The van der Waals surface area contributed by atoms with Crippen LogP contribution in [0.15, 0.2) is 36.4 Å². The Hall–Kier alpha value is -1.78. The van der Waals surface area contributed by atoms with Gasteiger partial charge in [-0.25, -0.2) is 14.2 Å². The fourth-order valence-corrected chi connectivity index (χ4v) is 2.16. The van der Waals surface area contributed by atoms with E-state index in [0.29, 0.717) is 16.7 Å². The van der Waals surface area contributed by atoms with Crippen LogP contribution in [0.4, 0.5) is 8.78 Å². The molecule has 0 aliphatic carbocycles. The number of benzene rings is 2. The van der Waals surface area contributed by atoms with Gasteiger partial charge in [0.05, 0.1) is 6.04 Å². The van der Waals surface area contributed by atoms with Gasteiger partial charge in [-0.1, -0.05) is 24.3 Å². The number of rotatable bonds is 3. The first kappa shape index (κ1) is 13.6. The van der Waals surface area contributed by atoms with E-state index in [1.807, 2.05) is 6.92 Å². The van der Waals surface area contributed by atoms with Crippen molar-refractivity contribution in [2.24, 2.45) is 5.84 Å². The molecule has 19 heavy (non-hydrogen) atoms. The lowest BCUT2D eigenvalue weighted by molar-refractivity contribution is 0.549. The van der Waals surface area contributed by atoms with Crippen molar-refractivity contribution in [3.63, 3.8) is 0 Å². The molecule has 0 radical (unpaired) electrons. The van der Waals surface area contributed by atoms with Crippen LogP contribution in [-0.2, 0) is 0 Å². The maximum absolute atomic E-state index is 14.2. The summed E-state index contributed by atoms with van der Waals surface area (Å²) in [4.78, 5) is 0. The zero-order chi connectivity index (χ0) is 14.0. The molecule has 4 heteroatoms. The average Bonchev–Trinajstić information content (AvgIpc) is 2.39. The van der Waals surface area contributed by atoms with Crippen LogP contribution < -0.4 is 11.3 Å². The molecule has 0 amide bonds. The van der Waals surface area contributed by atoms with Crippen molar-refractivity contribution >= 4 is 0 Å². The molecule has 100 valence electrons. The van der Waals surface area contributed by atoms with Crippen LogP contribution in [-0.4, -0.2) is 0 Å². The highest BCUT2D eigenvalue weighted by molar-refractivity contribution is 5.39. The summed E-state index contributed by atoms with van der Waals surface area (Å²) < 4.78 is 27.5. The lowest BCUT2D eigenvalue weighted by atomic mass is 9.94. The van der Waals surface area contributed by atoms with E-state index >= 15 is 0 Å². The molecule has 2 rings (SSSR count). The van der Waals surface area contributed by atoms with Gasteiger partial charge in [0, 0.05) is 5.56 Å². The Kier molecular flexibility index (Phi) is 3.93. The fourth-order valence-electron chi connectivity index (χ4n) is 2.16. The molecule has 0 aromatic heterocycles. The third-order valence-electron chi connectivity index (χ3n) is 3.25. The number of nitrogens with two attached hydrogens (primary N) is 1. The first-order chi connectivity index (χ1) is 9.04. The van der Waals surface area contributed by atoms with Crippen molar-refractivity contribution in [2.75, 3.05) is 0 Å².